The van der Waals surface area contributed by atoms with Gasteiger partial charge in [-0.3, -0.25) is 4.79 Å². The van der Waals surface area contributed by atoms with E-state index in [9.17, 15) is 4.79 Å². The minimum Gasteiger partial charge on any atom is -0.338 e. The maximum atomic E-state index is 12.5. The molecule has 0 aromatic carbocycles. The first-order valence-electron chi connectivity index (χ1n) is 6.82. The largest absolute Gasteiger partial charge is 0.338 e. The fourth-order valence-corrected chi connectivity index (χ4v) is 3.63. The Kier molecular flexibility index (Phi) is 4.78. The Hall–Kier alpha value is -0.870. The lowest BCUT2D eigenvalue weighted by Crippen LogP contribution is -2.40. The fourth-order valence-electron chi connectivity index (χ4n) is 2.67. The van der Waals surface area contributed by atoms with Crippen LogP contribution in [0, 0.1) is 5.92 Å². The van der Waals surface area contributed by atoms with Crippen molar-refractivity contribution in [1.29, 1.82) is 0 Å². The molecule has 1 fully saturated rings. The van der Waals surface area contributed by atoms with E-state index in [1.807, 2.05) is 10.3 Å². The van der Waals surface area contributed by atoms with Crippen molar-refractivity contribution in [2.45, 2.75) is 32.6 Å². The van der Waals surface area contributed by atoms with Crippen LogP contribution < -0.4 is 5.73 Å². The van der Waals surface area contributed by atoms with E-state index in [1.165, 1.54) is 12.0 Å². The molecule has 1 atom stereocenters. The van der Waals surface area contributed by atoms with E-state index in [-0.39, 0.29) is 5.91 Å². The molecule has 0 spiro atoms. The van der Waals surface area contributed by atoms with Crippen LogP contribution in [-0.4, -0.2) is 30.4 Å². The molecule has 0 saturated carbocycles. The summed E-state index contributed by atoms with van der Waals surface area (Å²) in [5, 5.41) is 2.02. The summed E-state index contributed by atoms with van der Waals surface area (Å²) >= 11 is 1.57. The average molecular weight is 266 g/mol. The van der Waals surface area contributed by atoms with E-state index < -0.39 is 0 Å². The second kappa shape index (κ2) is 6.34. The van der Waals surface area contributed by atoms with E-state index in [1.54, 1.807) is 11.3 Å². The Morgan fingerprint density at radius 3 is 3.17 bits per heavy atom. The first-order valence-corrected chi connectivity index (χ1v) is 7.70. The predicted molar refractivity (Wildman–Crippen MR) is 76.0 cm³/mol. The maximum absolute atomic E-state index is 12.5. The summed E-state index contributed by atoms with van der Waals surface area (Å²) < 4.78 is 0. The van der Waals surface area contributed by atoms with Gasteiger partial charge >= 0.3 is 0 Å². The summed E-state index contributed by atoms with van der Waals surface area (Å²) in [6.07, 6.45) is 4.30. The maximum Gasteiger partial charge on any atom is 0.264 e. The first kappa shape index (κ1) is 13.6. The third-order valence-corrected chi connectivity index (χ3v) is 4.65. The lowest BCUT2D eigenvalue weighted by molar-refractivity contribution is 0.0673. The summed E-state index contributed by atoms with van der Waals surface area (Å²) in [5.74, 6) is 0.821. The van der Waals surface area contributed by atoms with E-state index in [0.717, 1.165) is 43.8 Å². The molecule has 18 heavy (non-hydrogen) atoms. The van der Waals surface area contributed by atoms with Crippen LogP contribution in [0.5, 0.6) is 0 Å². The number of piperidine rings is 1. The molecule has 0 aliphatic carbocycles. The van der Waals surface area contributed by atoms with Crippen molar-refractivity contribution in [1.82, 2.24) is 4.90 Å². The highest BCUT2D eigenvalue weighted by atomic mass is 32.1. The minimum absolute atomic E-state index is 0.226. The van der Waals surface area contributed by atoms with Crippen LogP contribution in [0.4, 0.5) is 0 Å². The molecule has 0 bridgehead atoms. The summed E-state index contributed by atoms with van der Waals surface area (Å²) in [7, 11) is 0. The molecule has 100 valence electrons. The number of carbonyl (C=O) groups is 1. The van der Waals surface area contributed by atoms with Crippen LogP contribution in [-0.2, 0) is 6.42 Å². The number of hydrogen-bond donors (Lipinski definition) is 1. The number of aryl methyl sites for hydroxylation is 1. The van der Waals surface area contributed by atoms with Gasteiger partial charge in [0, 0.05) is 13.1 Å². The molecule has 1 aliphatic heterocycles. The number of nitrogens with two attached hydrogens (primary N) is 1. The van der Waals surface area contributed by atoms with Crippen LogP contribution in [0.1, 0.15) is 41.4 Å². The summed E-state index contributed by atoms with van der Waals surface area (Å²) in [5.41, 5.74) is 6.81. The smallest absolute Gasteiger partial charge is 0.264 e. The number of rotatable bonds is 4. The van der Waals surface area contributed by atoms with Crippen LogP contribution in [0.2, 0.25) is 0 Å². The van der Waals surface area contributed by atoms with Crippen LogP contribution >= 0.6 is 11.3 Å². The second-order valence-corrected chi connectivity index (χ2v) is 5.88. The Bertz CT molecular complexity index is 400. The summed E-state index contributed by atoms with van der Waals surface area (Å²) in [6.45, 7) is 4.62. The predicted octanol–water partition coefficient (Wildman–Crippen LogP) is 2.51. The SMILES string of the molecule is CCc1ccsc1C(=O)N1CCCC(CCN)C1. The number of hydrogen-bond acceptors (Lipinski definition) is 3. The highest BCUT2D eigenvalue weighted by Gasteiger charge is 2.25. The van der Waals surface area contributed by atoms with Gasteiger partial charge in [0.15, 0.2) is 0 Å². The molecular formula is C14H22N2OS. The van der Waals surface area contributed by atoms with Gasteiger partial charge in [-0.15, -0.1) is 11.3 Å². The standard InChI is InChI=1S/C14H22N2OS/c1-2-12-6-9-18-13(12)14(17)16-8-3-4-11(10-16)5-7-15/h6,9,11H,2-5,7-8,10,15H2,1H3. The van der Waals surface area contributed by atoms with Gasteiger partial charge in [-0.25, -0.2) is 0 Å². The van der Waals surface area contributed by atoms with Gasteiger partial charge in [0.25, 0.3) is 5.91 Å². The van der Waals surface area contributed by atoms with Crippen molar-refractivity contribution in [3.63, 3.8) is 0 Å². The molecule has 1 amide bonds. The van der Waals surface area contributed by atoms with Gasteiger partial charge in [0.2, 0.25) is 0 Å². The Morgan fingerprint density at radius 2 is 2.44 bits per heavy atom. The zero-order valence-electron chi connectivity index (χ0n) is 11.0. The summed E-state index contributed by atoms with van der Waals surface area (Å²) in [6, 6.07) is 2.07. The van der Waals surface area contributed by atoms with Gasteiger partial charge in [-0.1, -0.05) is 6.92 Å². The van der Waals surface area contributed by atoms with Crippen molar-refractivity contribution in [3.8, 4) is 0 Å². The van der Waals surface area contributed by atoms with E-state index in [4.69, 9.17) is 5.73 Å². The quantitative estimate of drug-likeness (QED) is 0.910. The Labute approximate surface area is 113 Å². The van der Waals surface area contributed by atoms with Crippen LogP contribution in [0.25, 0.3) is 0 Å². The molecular weight excluding hydrogens is 244 g/mol. The molecule has 1 aromatic rings. The molecule has 1 aromatic heterocycles. The first-order chi connectivity index (χ1) is 8.76. The molecule has 1 aliphatic rings. The monoisotopic (exact) mass is 266 g/mol. The van der Waals surface area contributed by atoms with Crippen molar-refractivity contribution in [3.05, 3.63) is 21.9 Å². The van der Waals surface area contributed by atoms with E-state index in [0.29, 0.717) is 5.92 Å². The summed E-state index contributed by atoms with van der Waals surface area (Å²) in [4.78, 5) is 15.5. The third-order valence-electron chi connectivity index (χ3n) is 3.70. The molecule has 1 unspecified atom stereocenters. The van der Waals surface area contributed by atoms with Crippen molar-refractivity contribution in [2.75, 3.05) is 19.6 Å². The molecule has 2 heterocycles. The van der Waals surface area contributed by atoms with E-state index >= 15 is 0 Å². The van der Waals surface area contributed by atoms with Gasteiger partial charge in [0.05, 0.1) is 4.88 Å². The number of likely N-dealkylation sites (tertiary alicyclic amines) is 1. The highest BCUT2D eigenvalue weighted by Crippen LogP contribution is 2.24. The Balaban J connectivity index is 2.04. The third kappa shape index (κ3) is 2.93. The van der Waals surface area contributed by atoms with Crippen molar-refractivity contribution >= 4 is 17.2 Å². The molecule has 1 saturated heterocycles. The molecule has 0 radical (unpaired) electrons. The number of carbonyl (C=O) groups excluding carboxylic acids is 1. The average Bonchev–Trinajstić information content (AvgIpc) is 2.87. The molecule has 2 rings (SSSR count). The normalized spacial score (nSPS) is 20.1. The van der Waals surface area contributed by atoms with Gasteiger partial charge in [-0.2, -0.15) is 0 Å². The molecule has 4 heteroatoms. The van der Waals surface area contributed by atoms with Gasteiger partial charge < -0.3 is 10.6 Å². The van der Waals surface area contributed by atoms with Crippen LogP contribution in [0.15, 0.2) is 11.4 Å². The molecule has 3 nitrogen and oxygen atoms in total. The lowest BCUT2D eigenvalue weighted by atomic mass is 9.94. The lowest BCUT2D eigenvalue weighted by Gasteiger charge is -2.32. The fraction of sp³-hybridized carbons (Fsp3) is 0.643. The van der Waals surface area contributed by atoms with E-state index in [2.05, 4.69) is 13.0 Å². The number of nitrogens with zero attached hydrogens (tertiary/aromatic N) is 1. The number of amides is 1. The number of thiophene rings is 1. The molecule has 2 N–H and O–H groups in total. The van der Waals surface area contributed by atoms with Crippen LogP contribution in [0.3, 0.4) is 0 Å². The van der Waals surface area contributed by atoms with Gasteiger partial charge in [-0.05, 0) is 55.2 Å². The minimum atomic E-state index is 0.226. The second-order valence-electron chi connectivity index (χ2n) is 4.97. The zero-order valence-corrected chi connectivity index (χ0v) is 11.8. The Morgan fingerprint density at radius 1 is 1.61 bits per heavy atom. The topological polar surface area (TPSA) is 46.3 Å². The van der Waals surface area contributed by atoms with Crippen molar-refractivity contribution < 1.29 is 4.79 Å². The van der Waals surface area contributed by atoms with Crippen molar-refractivity contribution in [2.24, 2.45) is 11.7 Å². The highest BCUT2D eigenvalue weighted by molar-refractivity contribution is 7.12. The zero-order chi connectivity index (χ0) is 13.0. The van der Waals surface area contributed by atoms with Gasteiger partial charge in [0.1, 0.15) is 0 Å².